The van der Waals surface area contributed by atoms with Crippen LogP contribution in [0.25, 0.3) is 0 Å². The van der Waals surface area contributed by atoms with Gasteiger partial charge in [0.1, 0.15) is 0 Å². The van der Waals surface area contributed by atoms with Gasteiger partial charge in [0, 0.05) is 10.5 Å². The van der Waals surface area contributed by atoms with Crippen LogP contribution in [0.15, 0.2) is 0 Å². The molecule has 3 unspecified atom stereocenters. The molecule has 0 heterocycles. The van der Waals surface area contributed by atoms with Crippen LogP contribution in [0.1, 0.15) is 104 Å². The average molecular weight is 449 g/mol. The van der Waals surface area contributed by atoms with Crippen LogP contribution in [0.5, 0.6) is 0 Å². The fourth-order valence-corrected chi connectivity index (χ4v) is 6.71. The summed E-state index contributed by atoms with van der Waals surface area (Å²) in [5.41, 5.74) is 0.102. The van der Waals surface area contributed by atoms with E-state index >= 15 is 0 Å². The van der Waals surface area contributed by atoms with Crippen molar-refractivity contribution in [1.29, 1.82) is 0 Å². The zero-order chi connectivity index (χ0) is 20.2. The topological polar surface area (TPSA) is 27.7 Å². The lowest BCUT2D eigenvalue weighted by molar-refractivity contribution is 0.0666. The van der Waals surface area contributed by atoms with Gasteiger partial charge in [0.05, 0.1) is 16.3 Å². The van der Waals surface area contributed by atoms with Crippen LogP contribution in [0.2, 0.25) is 0 Å². The third-order valence-electron chi connectivity index (χ3n) is 5.60. The van der Waals surface area contributed by atoms with Gasteiger partial charge in [-0.2, -0.15) is 0 Å². The monoisotopic (exact) mass is 448 g/mol. The van der Waals surface area contributed by atoms with Gasteiger partial charge in [-0.05, 0) is 44.9 Å². The Labute approximate surface area is 188 Å². The minimum atomic E-state index is -0.621. The highest BCUT2D eigenvalue weighted by atomic mass is 32.2. The fourth-order valence-electron chi connectivity index (χ4n) is 3.85. The van der Waals surface area contributed by atoms with Crippen molar-refractivity contribution in [2.45, 2.75) is 131 Å². The Morgan fingerprint density at radius 1 is 0.714 bits per heavy atom. The van der Waals surface area contributed by atoms with Crippen LogP contribution < -0.4 is 0 Å². The summed E-state index contributed by atoms with van der Waals surface area (Å²) >= 11 is 8.51. The molecule has 3 nitrogen and oxygen atoms in total. The van der Waals surface area contributed by atoms with Gasteiger partial charge < -0.3 is 14.0 Å². The average Bonchev–Trinajstić information content (AvgIpc) is 2.74. The first-order valence-corrected chi connectivity index (χ1v) is 14.0. The predicted molar refractivity (Wildman–Crippen MR) is 129 cm³/mol. The molecule has 0 aromatic heterocycles. The van der Waals surface area contributed by atoms with Gasteiger partial charge in [-0.3, -0.25) is 0 Å². The molecule has 2 rings (SSSR count). The summed E-state index contributed by atoms with van der Waals surface area (Å²) in [5.74, 6) is 0. The number of thiol groups is 1. The molecule has 0 spiro atoms. The Bertz CT molecular complexity index is 363. The largest absolute Gasteiger partial charge is 0.641 e. The zero-order valence-electron chi connectivity index (χ0n) is 18.1. The molecule has 2 fully saturated rings. The molecule has 28 heavy (non-hydrogen) atoms. The third kappa shape index (κ3) is 9.87. The lowest BCUT2D eigenvalue weighted by Crippen LogP contribution is -2.37. The van der Waals surface area contributed by atoms with Crippen molar-refractivity contribution < 1.29 is 14.0 Å². The van der Waals surface area contributed by atoms with Crippen LogP contribution in [-0.2, 0) is 14.0 Å². The molecule has 0 N–H and O–H groups in total. The lowest BCUT2D eigenvalue weighted by Gasteiger charge is -2.30. The van der Waals surface area contributed by atoms with E-state index in [1.165, 1.54) is 64.2 Å². The molecule has 3 atom stereocenters. The highest BCUT2D eigenvalue weighted by molar-refractivity contribution is 8.00. The first-order chi connectivity index (χ1) is 13.6. The fraction of sp³-hybridized carbons (Fsp3) is 1.00. The van der Waals surface area contributed by atoms with E-state index in [-0.39, 0.29) is 16.3 Å². The Balaban J connectivity index is 1.89. The van der Waals surface area contributed by atoms with Crippen LogP contribution in [0.3, 0.4) is 0 Å². The van der Waals surface area contributed by atoms with Gasteiger partial charge in [-0.15, -0.1) is 36.2 Å². The summed E-state index contributed by atoms with van der Waals surface area (Å²) in [5, 5.41) is 1.44. The molecule has 7 heteroatoms. The molecule has 2 saturated carbocycles. The maximum absolute atomic E-state index is 6.35. The van der Waals surface area contributed by atoms with E-state index in [1.807, 2.05) is 23.5 Å². The van der Waals surface area contributed by atoms with E-state index in [2.05, 4.69) is 33.4 Å². The molecular weight excluding hydrogens is 407 g/mol. The summed E-state index contributed by atoms with van der Waals surface area (Å²) < 4.78 is 18.7. The summed E-state index contributed by atoms with van der Waals surface area (Å²) in [6, 6.07) is 0. The Morgan fingerprint density at radius 3 is 1.50 bits per heavy atom. The lowest BCUT2D eigenvalue weighted by atomic mass is 10.0. The quantitative estimate of drug-likeness (QED) is 0.181. The van der Waals surface area contributed by atoms with Gasteiger partial charge in [0.2, 0.25) is 0 Å². The second kappa shape index (κ2) is 14.9. The van der Waals surface area contributed by atoms with E-state index in [0.717, 1.165) is 29.8 Å². The maximum atomic E-state index is 6.35. The first kappa shape index (κ1) is 25.3. The molecule has 2 aliphatic rings. The van der Waals surface area contributed by atoms with Crippen molar-refractivity contribution >= 4 is 43.5 Å². The summed E-state index contributed by atoms with van der Waals surface area (Å²) in [7, 11) is -0.621. The van der Waals surface area contributed by atoms with E-state index in [4.69, 9.17) is 14.0 Å². The molecule has 164 valence electrons. The van der Waals surface area contributed by atoms with E-state index in [9.17, 15) is 0 Å². The van der Waals surface area contributed by atoms with Gasteiger partial charge in [-0.25, -0.2) is 0 Å². The standard InChI is InChI=1S/C21H41BO3S3/c1-4-19(26)23-22(24-20(5-2)27-17-13-9-7-10-14-17)25-21(6-3)28-18-15-11-8-12-16-18/h17-21,26H,4-16H2,1-3H3. The van der Waals surface area contributed by atoms with Crippen molar-refractivity contribution in [3.63, 3.8) is 0 Å². The second-order valence-corrected chi connectivity index (χ2v) is 11.5. The predicted octanol–water partition coefficient (Wildman–Crippen LogP) is 7.29. The van der Waals surface area contributed by atoms with Crippen LogP contribution in [0, 0.1) is 0 Å². The van der Waals surface area contributed by atoms with Gasteiger partial charge >= 0.3 is 7.32 Å². The van der Waals surface area contributed by atoms with Crippen LogP contribution >= 0.6 is 36.2 Å². The minimum absolute atomic E-state index is 0.127. The summed E-state index contributed by atoms with van der Waals surface area (Å²) in [6.07, 6.45) is 16.2. The van der Waals surface area contributed by atoms with E-state index in [0.29, 0.717) is 0 Å². The van der Waals surface area contributed by atoms with Crippen molar-refractivity contribution in [1.82, 2.24) is 0 Å². The smallest absolute Gasteiger partial charge is 0.374 e. The van der Waals surface area contributed by atoms with Gasteiger partial charge in [0.25, 0.3) is 0 Å². The van der Waals surface area contributed by atoms with Crippen LogP contribution in [-0.4, -0.2) is 34.1 Å². The summed E-state index contributed by atoms with van der Waals surface area (Å²) in [6.45, 7) is 6.48. The van der Waals surface area contributed by atoms with Crippen LogP contribution in [0.4, 0.5) is 0 Å². The highest BCUT2D eigenvalue weighted by Crippen LogP contribution is 2.35. The number of hydrogen-bond acceptors (Lipinski definition) is 6. The molecule has 0 aliphatic heterocycles. The third-order valence-corrected chi connectivity index (χ3v) is 9.30. The van der Waals surface area contributed by atoms with Gasteiger partial charge in [0.15, 0.2) is 0 Å². The van der Waals surface area contributed by atoms with E-state index < -0.39 is 7.32 Å². The maximum Gasteiger partial charge on any atom is 0.641 e. The van der Waals surface area contributed by atoms with Crippen molar-refractivity contribution in [3.05, 3.63) is 0 Å². The molecule has 0 aromatic carbocycles. The molecule has 0 amide bonds. The minimum Gasteiger partial charge on any atom is -0.374 e. The zero-order valence-corrected chi connectivity index (χ0v) is 20.7. The van der Waals surface area contributed by atoms with Crippen molar-refractivity contribution in [2.24, 2.45) is 0 Å². The molecule has 0 saturated heterocycles. The molecule has 0 bridgehead atoms. The molecular formula is C21H41BO3S3. The number of thioether (sulfide) groups is 2. The Morgan fingerprint density at radius 2 is 1.14 bits per heavy atom. The highest BCUT2D eigenvalue weighted by Gasteiger charge is 2.33. The molecule has 2 aliphatic carbocycles. The SMILES string of the molecule is CCC(S)OB(OC(CC)SC1CCCCC1)OC(CC)SC1CCCCC1. The molecule has 0 radical (unpaired) electrons. The Hall–Kier alpha value is 0.995. The number of rotatable bonds is 13. The number of hydrogen-bond donors (Lipinski definition) is 1. The van der Waals surface area contributed by atoms with E-state index in [1.54, 1.807) is 0 Å². The second-order valence-electron chi connectivity index (χ2n) is 8.03. The van der Waals surface area contributed by atoms with Crippen molar-refractivity contribution in [3.8, 4) is 0 Å². The Kier molecular flexibility index (Phi) is 13.4. The van der Waals surface area contributed by atoms with Crippen molar-refractivity contribution in [2.75, 3.05) is 0 Å². The van der Waals surface area contributed by atoms with Gasteiger partial charge in [-0.1, -0.05) is 59.3 Å². The first-order valence-electron chi connectivity index (χ1n) is 11.6. The normalized spacial score (nSPS) is 22.7. The molecule has 0 aromatic rings. The summed E-state index contributed by atoms with van der Waals surface area (Å²) in [4.78, 5) is 0.